The molecule has 2 N–H and O–H groups in total. The molecule has 0 spiro atoms. The van der Waals surface area contributed by atoms with E-state index < -0.39 is 0 Å². The zero-order valence-corrected chi connectivity index (χ0v) is 11.8. The van der Waals surface area contributed by atoms with Gasteiger partial charge < -0.3 is 10.4 Å². The SMILES string of the molecule is N#Cc1cc(Br)ccc1NC1CCCC1CCO. The van der Waals surface area contributed by atoms with Gasteiger partial charge in [-0.2, -0.15) is 5.26 Å². The minimum absolute atomic E-state index is 0.244. The topological polar surface area (TPSA) is 56.0 Å². The number of aliphatic hydroxyl groups is 1. The molecule has 1 aliphatic carbocycles. The van der Waals surface area contributed by atoms with Crippen LogP contribution in [0.25, 0.3) is 0 Å². The summed E-state index contributed by atoms with van der Waals surface area (Å²) in [7, 11) is 0. The highest BCUT2D eigenvalue weighted by Gasteiger charge is 2.27. The molecular formula is C14H17BrN2O. The van der Waals surface area contributed by atoms with Crippen LogP contribution in [0.5, 0.6) is 0 Å². The van der Waals surface area contributed by atoms with E-state index in [4.69, 9.17) is 10.4 Å². The molecule has 0 saturated heterocycles. The van der Waals surface area contributed by atoms with Gasteiger partial charge >= 0.3 is 0 Å². The van der Waals surface area contributed by atoms with E-state index in [-0.39, 0.29) is 6.61 Å². The molecule has 4 heteroatoms. The van der Waals surface area contributed by atoms with E-state index in [1.165, 1.54) is 6.42 Å². The predicted molar refractivity (Wildman–Crippen MR) is 75.3 cm³/mol. The standard InChI is InChI=1S/C14H17BrN2O/c15-12-4-5-14(11(8-12)9-16)17-13-3-1-2-10(13)6-7-18/h4-5,8,10,13,17-18H,1-3,6-7H2. The van der Waals surface area contributed by atoms with Gasteiger partial charge in [0.1, 0.15) is 6.07 Å². The van der Waals surface area contributed by atoms with E-state index >= 15 is 0 Å². The van der Waals surface area contributed by atoms with Gasteiger partial charge in [0.05, 0.1) is 11.3 Å². The van der Waals surface area contributed by atoms with Crippen LogP contribution in [-0.2, 0) is 0 Å². The van der Waals surface area contributed by atoms with Crippen molar-refractivity contribution in [2.45, 2.75) is 31.7 Å². The van der Waals surface area contributed by atoms with Crippen LogP contribution in [0.2, 0.25) is 0 Å². The quantitative estimate of drug-likeness (QED) is 0.897. The van der Waals surface area contributed by atoms with Crippen LogP contribution in [0.3, 0.4) is 0 Å². The molecule has 96 valence electrons. The Bertz CT molecular complexity index is 456. The molecule has 0 aromatic heterocycles. The summed E-state index contributed by atoms with van der Waals surface area (Å²) >= 11 is 3.37. The largest absolute Gasteiger partial charge is 0.396 e. The van der Waals surface area contributed by atoms with Crippen molar-refractivity contribution in [3.8, 4) is 6.07 Å². The maximum Gasteiger partial charge on any atom is 0.101 e. The van der Waals surface area contributed by atoms with Crippen LogP contribution >= 0.6 is 15.9 Å². The first-order valence-corrected chi connectivity index (χ1v) is 7.11. The third-order valence-corrected chi connectivity index (χ3v) is 4.10. The fourth-order valence-corrected chi connectivity index (χ4v) is 3.03. The second kappa shape index (κ2) is 6.21. The third-order valence-electron chi connectivity index (χ3n) is 3.60. The van der Waals surface area contributed by atoms with Crippen LogP contribution < -0.4 is 5.32 Å². The number of nitriles is 1. The van der Waals surface area contributed by atoms with Crippen molar-refractivity contribution in [3.05, 3.63) is 28.2 Å². The Kier molecular flexibility index (Phi) is 4.62. The lowest BCUT2D eigenvalue weighted by Crippen LogP contribution is -2.25. The summed E-state index contributed by atoms with van der Waals surface area (Å²) in [6.07, 6.45) is 4.32. The Balaban J connectivity index is 2.11. The number of hydrogen-bond donors (Lipinski definition) is 2. The van der Waals surface area contributed by atoms with Crippen LogP contribution in [-0.4, -0.2) is 17.8 Å². The molecule has 3 nitrogen and oxygen atoms in total. The van der Waals surface area contributed by atoms with Gasteiger partial charge in [-0.1, -0.05) is 22.4 Å². The zero-order valence-electron chi connectivity index (χ0n) is 10.2. The van der Waals surface area contributed by atoms with Crippen LogP contribution in [0.4, 0.5) is 5.69 Å². The van der Waals surface area contributed by atoms with Gasteiger partial charge in [-0.3, -0.25) is 0 Å². The predicted octanol–water partition coefficient (Wildman–Crippen LogP) is 3.28. The highest BCUT2D eigenvalue weighted by Crippen LogP contribution is 2.32. The van der Waals surface area contributed by atoms with E-state index in [2.05, 4.69) is 27.3 Å². The summed E-state index contributed by atoms with van der Waals surface area (Å²) in [5.41, 5.74) is 1.56. The minimum Gasteiger partial charge on any atom is -0.396 e. The Morgan fingerprint density at radius 3 is 3.00 bits per heavy atom. The first kappa shape index (κ1) is 13.4. The number of hydrogen-bond acceptors (Lipinski definition) is 3. The zero-order chi connectivity index (χ0) is 13.0. The van der Waals surface area contributed by atoms with Crippen LogP contribution in [0, 0.1) is 17.2 Å². The molecule has 18 heavy (non-hydrogen) atoms. The van der Waals surface area contributed by atoms with Gasteiger partial charge in [-0.25, -0.2) is 0 Å². The van der Waals surface area contributed by atoms with Gasteiger partial charge in [0.25, 0.3) is 0 Å². The summed E-state index contributed by atoms with van der Waals surface area (Å²) in [5.74, 6) is 0.519. The lowest BCUT2D eigenvalue weighted by Gasteiger charge is -2.22. The molecule has 1 aliphatic rings. The minimum atomic E-state index is 0.244. The molecule has 1 aromatic rings. The van der Waals surface area contributed by atoms with E-state index in [1.807, 2.05) is 18.2 Å². The highest BCUT2D eigenvalue weighted by atomic mass is 79.9. The van der Waals surface area contributed by atoms with Crippen molar-refractivity contribution in [1.29, 1.82) is 5.26 Å². The second-order valence-electron chi connectivity index (χ2n) is 4.76. The summed E-state index contributed by atoms with van der Waals surface area (Å²) in [6, 6.07) is 8.31. The van der Waals surface area contributed by atoms with Crippen LogP contribution in [0.1, 0.15) is 31.2 Å². The van der Waals surface area contributed by atoms with Gasteiger partial charge in [0, 0.05) is 17.1 Å². The maximum absolute atomic E-state index is 9.14. The van der Waals surface area contributed by atoms with Gasteiger partial charge in [0.2, 0.25) is 0 Å². The Hall–Kier alpha value is -1.05. The van der Waals surface area contributed by atoms with E-state index in [1.54, 1.807) is 0 Å². The van der Waals surface area contributed by atoms with Gasteiger partial charge in [-0.15, -0.1) is 0 Å². The summed E-state index contributed by atoms with van der Waals surface area (Å²) in [5, 5.41) is 21.7. The molecule has 2 rings (SSSR count). The second-order valence-corrected chi connectivity index (χ2v) is 5.67. The van der Waals surface area contributed by atoms with E-state index in [9.17, 15) is 0 Å². The third kappa shape index (κ3) is 3.04. The summed E-state index contributed by atoms with van der Waals surface area (Å²) in [4.78, 5) is 0. The average molecular weight is 309 g/mol. The Labute approximate surface area is 116 Å². The van der Waals surface area contributed by atoms with Crippen molar-refractivity contribution in [2.24, 2.45) is 5.92 Å². The molecule has 2 unspecified atom stereocenters. The number of rotatable bonds is 4. The number of halogens is 1. The van der Waals surface area contributed by atoms with Gasteiger partial charge in [0.15, 0.2) is 0 Å². The first-order valence-electron chi connectivity index (χ1n) is 6.31. The first-order chi connectivity index (χ1) is 8.74. The number of nitrogens with one attached hydrogen (secondary N) is 1. The van der Waals surface area contributed by atoms with E-state index in [0.29, 0.717) is 17.5 Å². The number of aliphatic hydroxyl groups excluding tert-OH is 1. The van der Waals surface area contributed by atoms with Crippen molar-refractivity contribution >= 4 is 21.6 Å². The molecule has 2 atom stereocenters. The van der Waals surface area contributed by atoms with Gasteiger partial charge in [-0.05, 0) is 43.4 Å². The molecule has 1 saturated carbocycles. The number of nitrogens with zero attached hydrogens (tertiary/aromatic N) is 1. The average Bonchev–Trinajstić information content (AvgIpc) is 2.79. The lowest BCUT2D eigenvalue weighted by molar-refractivity contribution is 0.254. The molecule has 0 aliphatic heterocycles. The highest BCUT2D eigenvalue weighted by molar-refractivity contribution is 9.10. The fourth-order valence-electron chi connectivity index (χ4n) is 2.67. The number of anilines is 1. The lowest BCUT2D eigenvalue weighted by atomic mass is 9.99. The van der Waals surface area contributed by atoms with E-state index in [0.717, 1.165) is 29.4 Å². The van der Waals surface area contributed by atoms with Crippen molar-refractivity contribution in [1.82, 2.24) is 0 Å². The molecule has 1 aromatic carbocycles. The molecule has 0 bridgehead atoms. The summed E-state index contributed by atoms with van der Waals surface area (Å²) < 4.78 is 0.919. The van der Waals surface area contributed by atoms with Crippen molar-refractivity contribution < 1.29 is 5.11 Å². The molecule has 0 heterocycles. The van der Waals surface area contributed by atoms with Crippen LogP contribution in [0.15, 0.2) is 22.7 Å². The molecular weight excluding hydrogens is 292 g/mol. The number of benzene rings is 1. The summed E-state index contributed by atoms with van der Waals surface area (Å²) in [6.45, 7) is 0.244. The van der Waals surface area contributed by atoms with Crippen molar-refractivity contribution in [3.63, 3.8) is 0 Å². The molecule has 0 radical (unpaired) electrons. The molecule has 1 fully saturated rings. The Morgan fingerprint density at radius 2 is 2.28 bits per heavy atom. The Morgan fingerprint density at radius 1 is 1.44 bits per heavy atom. The monoisotopic (exact) mass is 308 g/mol. The fraction of sp³-hybridized carbons (Fsp3) is 0.500. The normalized spacial score (nSPS) is 22.7. The molecule has 0 amide bonds. The maximum atomic E-state index is 9.14. The van der Waals surface area contributed by atoms with Crippen molar-refractivity contribution in [2.75, 3.05) is 11.9 Å². The smallest absolute Gasteiger partial charge is 0.101 e.